The van der Waals surface area contributed by atoms with Gasteiger partial charge in [-0.15, -0.1) is 0 Å². The van der Waals surface area contributed by atoms with E-state index in [1.807, 2.05) is 6.92 Å². The zero-order valence-corrected chi connectivity index (χ0v) is 11.4. The first kappa shape index (κ1) is 13.5. The van der Waals surface area contributed by atoms with Crippen LogP contribution in [0.4, 0.5) is 0 Å². The van der Waals surface area contributed by atoms with E-state index < -0.39 is 0 Å². The first-order chi connectivity index (χ1) is 7.60. The number of likely N-dealkylation sites (tertiary alicyclic amines) is 1. The van der Waals surface area contributed by atoms with Crippen molar-refractivity contribution < 1.29 is 9.59 Å². The normalized spacial score (nSPS) is 22.7. The highest BCUT2D eigenvalue weighted by atomic mass is 79.9. The molecule has 16 heavy (non-hydrogen) atoms. The standard InChI is InChI=1S/C11H19BrN2O2/c1-3-9(12)11(16)14-6-4-5-8(7-14)10(15)13-2/h8-9H,3-7H2,1-2H3,(H,13,15). The molecule has 2 unspecified atom stereocenters. The van der Waals surface area contributed by atoms with Crippen LogP contribution in [0.5, 0.6) is 0 Å². The van der Waals surface area contributed by atoms with Gasteiger partial charge >= 0.3 is 0 Å². The summed E-state index contributed by atoms with van der Waals surface area (Å²) in [5.41, 5.74) is 0. The van der Waals surface area contributed by atoms with Gasteiger partial charge in [-0.2, -0.15) is 0 Å². The molecule has 1 aliphatic heterocycles. The highest BCUT2D eigenvalue weighted by Crippen LogP contribution is 2.19. The Balaban J connectivity index is 2.56. The molecule has 92 valence electrons. The Morgan fingerprint density at radius 3 is 2.81 bits per heavy atom. The van der Waals surface area contributed by atoms with Crippen molar-refractivity contribution in [1.29, 1.82) is 0 Å². The van der Waals surface area contributed by atoms with Crippen LogP contribution in [0.3, 0.4) is 0 Å². The van der Waals surface area contributed by atoms with Crippen molar-refractivity contribution in [2.45, 2.75) is 31.0 Å². The largest absolute Gasteiger partial charge is 0.359 e. The number of carbonyl (C=O) groups excluding carboxylic acids is 2. The Morgan fingerprint density at radius 2 is 2.25 bits per heavy atom. The van der Waals surface area contributed by atoms with Gasteiger partial charge < -0.3 is 10.2 Å². The van der Waals surface area contributed by atoms with Gasteiger partial charge in [0.25, 0.3) is 0 Å². The lowest BCUT2D eigenvalue weighted by Crippen LogP contribution is -2.47. The van der Waals surface area contributed by atoms with Gasteiger partial charge in [-0.25, -0.2) is 0 Å². The second kappa shape index (κ2) is 6.23. The molecular weight excluding hydrogens is 272 g/mol. The molecule has 1 heterocycles. The van der Waals surface area contributed by atoms with Crippen LogP contribution in [0, 0.1) is 5.92 Å². The number of nitrogens with zero attached hydrogens (tertiary/aromatic N) is 1. The molecule has 1 aliphatic rings. The fourth-order valence-corrected chi connectivity index (χ4v) is 2.26. The number of nitrogens with one attached hydrogen (secondary N) is 1. The topological polar surface area (TPSA) is 49.4 Å². The van der Waals surface area contributed by atoms with Crippen molar-refractivity contribution in [3.63, 3.8) is 0 Å². The Bertz CT molecular complexity index is 271. The average molecular weight is 291 g/mol. The number of hydrogen-bond acceptors (Lipinski definition) is 2. The minimum Gasteiger partial charge on any atom is -0.359 e. The summed E-state index contributed by atoms with van der Waals surface area (Å²) in [6.45, 7) is 3.30. The molecule has 4 nitrogen and oxygen atoms in total. The highest BCUT2D eigenvalue weighted by molar-refractivity contribution is 9.10. The molecule has 0 spiro atoms. The van der Waals surface area contributed by atoms with E-state index in [4.69, 9.17) is 0 Å². The molecule has 0 aromatic rings. The molecule has 0 bridgehead atoms. The van der Waals surface area contributed by atoms with Crippen LogP contribution in [0.25, 0.3) is 0 Å². The van der Waals surface area contributed by atoms with Crippen LogP contribution in [0.15, 0.2) is 0 Å². The van der Waals surface area contributed by atoms with Crippen LogP contribution in [-0.2, 0) is 9.59 Å². The molecule has 1 N–H and O–H groups in total. The van der Waals surface area contributed by atoms with Gasteiger partial charge in [0.05, 0.1) is 10.7 Å². The van der Waals surface area contributed by atoms with E-state index >= 15 is 0 Å². The Labute approximate surface area is 105 Å². The van der Waals surface area contributed by atoms with Crippen molar-refractivity contribution in [1.82, 2.24) is 10.2 Å². The smallest absolute Gasteiger partial charge is 0.236 e. The molecule has 1 rings (SSSR count). The second-order valence-corrected chi connectivity index (χ2v) is 5.22. The molecule has 5 heteroatoms. The molecule has 0 aromatic carbocycles. The summed E-state index contributed by atoms with van der Waals surface area (Å²) >= 11 is 3.36. The van der Waals surface area contributed by atoms with Gasteiger partial charge in [0.15, 0.2) is 0 Å². The van der Waals surface area contributed by atoms with Gasteiger partial charge in [0.1, 0.15) is 0 Å². The van der Waals surface area contributed by atoms with E-state index in [1.165, 1.54) is 0 Å². The van der Waals surface area contributed by atoms with E-state index in [9.17, 15) is 9.59 Å². The number of alkyl halides is 1. The van der Waals surface area contributed by atoms with Crippen molar-refractivity contribution in [2.24, 2.45) is 5.92 Å². The molecular formula is C11H19BrN2O2. The predicted molar refractivity (Wildman–Crippen MR) is 66.4 cm³/mol. The SMILES string of the molecule is CCC(Br)C(=O)N1CCCC(C(=O)NC)C1. The molecule has 0 aliphatic carbocycles. The Hall–Kier alpha value is -0.580. The van der Waals surface area contributed by atoms with E-state index in [-0.39, 0.29) is 22.6 Å². The van der Waals surface area contributed by atoms with Crippen LogP contribution in [0.2, 0.25) is 0 Å². The van der Waals surface area contributed by atoms with Gasteiger partial charge in [-0.3, -0.25) is 9.59 Å². The summed E-state index contributed by atoms with van der Waals surface area (Å²) in [6, 6.07) is 0. The van der Waals surface area contributed by atoms with E-state index in [0.29, 0.717) is 6.54 Å². The highest BCUT2D eigenvalue weighted by Gasteiger charge is 2.29. The maximum absolute atomic E-state index is 11.9. The van der Waals surface area contributed by atoms with Crippen LogP contribution < -0.4 is 5.32 Å². The third-order valence-corrected chi connectivity index (χ3v) is 4.02. The number of amides is 2. The lowest BCUT2D eigenvalue weighted by Gasteiger charge is -2.33. The third-order valence-electron chi connectivity index (χ3n) is 2.98. The summed E-state index contributed by atoms with van der Waals surface area (Å²) in [6.07, 6.45) is 2.57. The lowest BCUT2D eigenvalue weighted by atomic mass is 9.97. The van der Waals surface area contributed by atoms with Crippen LogP contribution in [-0.4, -0.2) is 41.7 Å². The van der Waals surface area contributed by atoms with Crippen molar-refractivity contribution in [2.75, 3.05) is 20.1 Å². The molecule has 2 amide bonds. The van der Waals surface area contributed by atoms with E-state index in [0.717, 1.165) is 25.8 Å². The predicted octanol–water partition coefficient (Wildman–Crippen LogP) is 1.14. The Morgan fingerprint density at radius 1 is 1.56 bits per heavy atom. The molecule has 0 aromatic heterocycles. The molecule has 1 fully saturated rings. The summed E-state index contributed by atoms with van der Waals surface area (Å²) < 4.78 is 0. The number of halogens is 1. The summed E-state index contributed by atoms with van der Waals surface area (Å²) in [5, 5.41) is 2.65. The monoisotopic (exact) mass is 290 g/mol. The molecule has 2 atom stereocenters. The molecule has 0 radical (unpaired) electrons. The zero-order chi connectivity index (χ0) is 12.1. The minimum atomic E-state index is -0.115. The van der Waals surface area contributed by atoms with Crippen molar-refractivity contribution in [3.05, 3.63) is 0 Å². The average Bonchev–Trinajstić information content (AvgIpc) is 2.36. The van der Waals surface area contributed by atoms with Crippen LogP contribution >= 0.6 is 15.9 Å². The van der Waals surface area contributed by atoms with Crippen LogP contribution in [0.1, 0.15) is 26.2 Å². The van der Waals surface area contributed by atoms with Gasteiger partial charge in [-0.05, 0) is 19.3 Å². The maximum Gasteiger partial charge on any atom is 0.236 e. The number of piperidine rings is 1. The van der Waals surface area contributed by atoms with Crippen molar-refractivity contribution in [3.8, 4) is 0 Å². The first-order valence-electron chi connectivity index (χ1n) is 5.74. The minimum absolute atomic E-state index is 0.0418. The summed E-state index contributed by atoms with van der Waals surface area (Å²) in [5.74, 6) is 0.107. The quantitative estimate of drug-likeness (QED) is 0.793. The number of hydrogen-bond donors (Lipinski definition) is 1. The van der Waals surface area contributed by atoms with E-state index in [1.54, 1.807) is 11.9 Å². The molecule has 1 saturated heterocycles. The molecule has 0 saturated carbocycles. The fourth-order valence-electron chi connectivity index (χ4n) is 1.97. The fraction of sp³-hybridized carbons (Fsp3) is 0.818. The lowest BCUT2D eigenvalue weighted by molar-refractivity contribution is -0.135. The number of carbonyl (C=O) groups is 2. The van der Waals surface area contributed by atoms with Crippen molar-refractivity contribution >= 4 is 27.7 Å². The second-order valence-electron chi connectivity index (χ2n) is 4.11. The number of rotatable bonds is 3. The Kier molecular flexibility index (Phi) is 5.25. The summed E-state index contributed by atoms with van der Waals surface area (Å²) in [4.78, 5) is 25.1. The first-order valence-corrected chi connectivity index (χ1v) is 6.66. The van der Waals surface area contributed by atoms with Gasteiger partial charge in [0.2, 0.25) is 11.8 Å². The summed E-state index contributed by atoms with van der Waals surface area (Å²) in [7, 11) is 1.64. The van der Waals surface area contributed by atoms with Gasteiger partial charge in [0, 0.05) is 20.1 Å². The van der Waals surface area contributed by atoms with E-state index in [2.05, 4.69) is 21.2 Å². The van der Waals surface area contributed by atoms with Gasteiger partial charge in [-0.1, -0.05) is 22.9 Å². The maximum atomic E-state index is 11.9. The third kappa shape index (κ3) is 3.20. The zero-order valence-electron chi connectivity index (χ0n) is 9.83.